The zero-order chi connectivity index (χ0) is 23.6. The number of aliphatic carboxylic acids is 1. The van der Waals surface area contributed by atoms with E-state index in [2.05, 4.69) is 4.98 Å². The van der Waals surface area contributed by atoms with Gasteiger partial charge in [0, 0.05) is 5.75 Å². The molecular formula is C25H21F3NNaO3S. The van der Waals surface area contributed by atoms with Gasteiger partial charge < -0.3 is 14.6 Å². The van der Waals surface area contributed by atoms with Gasteiger partial charge in [-0.2, -0.15) is 0 Å². The predicted octanol–water partition coefficient (Wildman–Crippen LogP) is 1.96. The van der Waals surface area contributed by atoms with Crippen molar-refractivity contribution in [3.05, 3.63) is 95.1 Å². The third kappa shape index (κ3) is 8.83. The van der Waals surface area contributed by atoms with Crippen LogP contribution in [0.25, 0.3) is 6.08 Å². The van der Waals surface area contributed by atoms with Gasteiger partial charge in [-0.25, -0.2) is 18.2 Å². The van der Waals surface area contributed by atoms with Gasteiger partial charge in [0.25, 0.3) is 0 Å². The van der Waals surface area contributed by atoms with Crippen LogP contribution in [-0.2, 0) is 17.0 Å². The molecule has 0 amide bonds. The van der Waals surface area contributed by atoms with E-state index in [1.807, 2.05) is 0 Å². The first-order valence-electron chi connectivity index (χ1n) is 10.3. The summed E-state index contributed by atoms with van der Waals surface area (Å²) in [5, 5.41) is 10.8. The van der Waals surface area contributed by atoms with Gasteiger partial charge in [0.05, 0.1) is 23.2 Å². The van der Waals surface area contributed by atoms with E-state index in [-0.39, 0.29) is 51.7 Å². The Morgan fingerprint density at radius 1 is 1.00 bits per heavy atom. The zero-order valence-corrected chi connectivity index (χ0v) is 21.4. The second-order valence-corrected chi connectivity index (χ2v) is 8.10. The first-order valence-corrected chi connectivity index (χ1v) is 11.2. The molecule has 3 aromatic rings. The van der Waals surface area contributed by atoms with Crippen LogP contribution in [0, 0.1) is 17.5 Å². The van der Waals surface area contributed by atoms with Gasteiger partial charge in [-0.15, -0.1) is 11.8 Å². The number of unbranched alkanes of at least 4 members (excludes halogenated alkanes) is 1. The smallest absolute Gasteiger partial charge is 0.545 e. The molecule has 1 aromatic heterocycles. The number of hydrogen-bond donors (Lipinski definition) is 0. The predicted molar refractivity (Wildman–Crippen MR) is 119 cm³/mol. The van der Waals surface area contributed by atoms with E-state index < -0.39 is 17.6 Å². The molecule has 34 heavy (non-hydrogen) atoms. The number of rotatable bonds is 11. The van der Waals surface area contributed by atoms with Crippen molar-refractivity contribution in [2.24, 2.45) is 0 Å². The van der Waals surface area contributed by atoms with Crippen LogP contribution in [0.2, 0.25) is 0 Å². The van der Waals surface area contributed by atoms with Crippen LogP contribution in [0.5, 0.6) is 5.75 Å². The largest absolute Gasteiger partial charge is 1.00 e. The molecule has 0 N–H and O–H groups in total. The van der Waals surface area contributed by atoms with Crippen molar-refractivity contribution in [1.29, 1.82) is 0 Å². The fourth-order valence-electron chi connectivity index (χ4n) is 3.00. The van der Waals surface area contributed by atoms with Gasteiger partial charge in [-0.3, -0.25) is 0 Å². The van der Waals surface area contributed by atoms with E-state index in [1.165, 1.54) is 36.4 Å². The quantitative estimate of drug-likeness (QED) is 0.176. The fourth-order valence-corrected chi connectivity index (χ4v) is 3.87. The summed E-state index contributed by atoms with van der Waals surface area (Å²) in [6.07, 6.45) is 4.44. The van der Waals surface area contributed by atoms with Crippen molar-refractivity contribution in [3.63, 3.8) is 0 Å². The maximum Gasteiger partial charge on any atom is 1.00 e. The molecule has 9 heteroatoms. The van der Waals surface area contributed by atoms with Crippen molar-refractivity contribution in [2.75, 3.05) is 6.61 Å². The summed E-state index contributed by atoms with van der Waals surface area (Å²) in [6.45, 7) is 0.379. The second-order valence-electron chi connectivity index (χ2n) is 7.11. The number of pyridine rings is 1. The number of carboxylic acid groups (broad SMARTS) is 1. The number of thioether (sulfide) groups is 1. The molecule has 0 unspecified atom stereocenters. The van der Waals surface area contributed by atoms with Crippen molar-refractivity contribution in [2.45, 2.75) is 29.9 Å². The summed E-state index contributed by atoms with van der Waals surface area (Å²) in [4.78, 5) is 15.1. The summed E-state index contributed by atoms with van der Waals surface area (Å²) < 4.78 is 46.4. The van der Waals surface area contributed by atoms with Crippen molar-refractivity contribution in [1.82, 2.24) is 4.98 Å². The molecule has 0 aliphatic carbocycles. The third-order valence-corrected chi connectivity index (χ3v) is 5.75. The number of nitrogens with zero attached hydrogens (tertiary/aromatic N) is 1. The third-order valence-electron chi connectivity index (χ3n) is 4.63. The molecule has 0 atom stereocenters. The number of aromatic nitrogens is 1. The van der Waals surface area contributed by atoms with Gasteiger partial charge >= 0.3 is 29.6 Å². The van der Waals surface area contributed by atoms with Crippen molar-refractivity contribution < 1.29 is 57.4 Å². The number of carboxylic acids is 1. The molecule has 0 saturated carbocycles. The van der Waals surface area contributed by atoms with E-state index in [9.17, 15) is 23.1 Å². The van der Waals surface area contributed by atoms with Crippen molar-refractivity contribution >= 4 is 23.8 Å². The van der Waals surface area contributed by atoms with E-state index in [1.54, 1.807) is 24.3 Å². The van der Waals surface area contributed by atoms with Crippen LogP contribution in [0.4, 0.5) is 13.2 Å². The molecule has 1 heterocycles. The van der Waals surface area contributed by atoms with Crippen LogP contribution in [0.3, 0.4) is 0 Å². The minimum absolute atomic E-state index is 0. The topological polar surface area (TPSA) is 62.2 Å². The van der Waals surface area contributed by atoms with E-state index in [0.717, 1.165) is 42.7 Å². The Morgan fingerprint density at radius 2 is 1.71 bits per heavy atom. The average Bonchev–Trinajstić information content (AvgIpc) is 2.79. The van der Waals surface area contributed by atoms with E-state index >= 15 is 0 Å². The first-order chi connectivity index (χ1) is 15.9. The minimum atomic E-state index is -1.38. The molecular weight excluding hydrogens is 474 g/mol. The minimum Gasteiger partial charge on any atom is -0.545 e. The Bertz CT molecular complexity index is 1110. The molecule has 4 nitrogen and oxygen atoms in total. The number of ether oxygens (including phenoxy) is 1. The number of carbonyl (C=O) groups excluding carboxylic acids is 1. The Balaban J connectivity index is 0.00000408. The van der Waals surface area contributed by atoms with Gasteiger partial charge in [0.1, 0.15) is 28.9 Å². The molecule has 3 rings (SSSR count). The summed E-state index contributed by atoms with van der Waals surface area (Å²) >= 11 is 0.959. The van der Waals surface area contributed by atoms with Gasteiger partial charge in [0.2, 0.25) is 0 Å². The fraction of sp³-hybridized carbons (Fsp3) is 0.200. The average molecular weight is 495 g/mol. The van der Waals surface area contributed by atoms with Crippen LogP contribution in [0.15, 0.2) is 65.6 Å². The molecule has 172 valence electrons. The van der Waals surface area contributed by atoms with Crippen molar-refractivity contribution in [3.8, 4) is 5.75 Å². The van der Waals surface area contributed by atoms with Crippen LogP contribution in [0.1, 0.15) is 29.8 Å². The molecule has 2 aromatic carbocycles. The first kappa shape index (κ1) is 28.0. The van der Waals surface area contributed by atoms with E-state index in [4.69, 9.17) is 4.74 Å². The molecule has 0 aliphatic heterocycles. The van der Waals surface area contributed by atoms with Gasteiger partial charge in [0.15, 0.2) is 0 Å². The molecule has 0 saturated heterocycles. The zero-order valence-electron chi connectivity index (χ0n) is 18.6. The standard InChI is InChI=1S/C25H22F3NO3S.Na/c26-18-9-7-17(8-10-18)4-1-2-15-32-23-13-11-19(29-22(23)12-14-24(30)31)16-33-25-20(27)5-3-6-21(25)28;/h3,5-14H,1-2,4,15-16H2,(H,30,31);/q;+1/p-1. The Kier molecular flexibility index (Phi) is 11.7. The Morgan fingerprint density at radius 3 is 2.38 bits per heavy atom. The normalized spacial score (nSPS) is 10.8. The number of aryl methyl sites for hydroxylation is 1. The van der Waals surface area contributed by atoms with Crippen LogP contribution < -0.4 is 39.4 Å². The van der Waals surface area contributed by atoms with Crippen LogP contribution >= 0.6 is 11.8 Å². The maximum absolute atomic E-state index is 13.8. The number of carbonyl (C=O) groups is 1. The molecule has 0 spiro atoms. The summed E-state index contributed by atoms with van der Waals surface area (Å²) in [6, 6.07) is 13.3. The molecule has 0 radical (unpaired) electrons. The monoisotopic (exact) mass is 495 g/mol. The van der Waals surface area contributed by atoms with Gasteiger partial charge in [-0.1, -0.05) is 18.2 Å². The molecule has 0 aliphatic rings. The number of benzene rings is 2. The van der Waals surface area contributed by atoms with Crippen LogP contribution in [-0.4, -0.2) is 17.6 Å². The van der Waals surface area contributed by atoms with Gasteiger partial charge in [-0.05, 0) is 73.4 Å². The Labute approximate surface area is 222 Å². The maximum atomic E-state index is 13.8. The number of hydrogen-bond acceptors (Lipinski definition) is 5. The Hall–Kier alpha value is -2.26. The summed E-state index contributed by atoms with van der Waals surface area (Å²) in [5.41, 5.74) is 1.82. The SMILES string of the molecule is O=C([O-])C=Cc1nc(CSc2c(F)cccc2F)ccc1OCCCCc1ccc(F)cc1.[Na+]. The molecule has 0 bridgehead atoms. The molecule has 0 fully saturated rings. The summed E-state index contributed by atoms with van der Waals surface area (Å²) in [7, 11) is 0. The number of halogens is 3. The summed E-state index contributed by atoms with van der Waals surface area (Å²) in [5.74, 6) is -2.39. The second kappa shape index (κ2) is 14.2. The van der Waals surface area contributed by atoms with E-state index in [0.29, 0.717) is 18.1 Å².